The second-order valence-electron chi connectivity index (χ2n) is 5.44. The lowest BCUT2D eigenvalue weighted by atomic mass is 10.0. The van der Waals surface area contributed by atoms with E-state index >= 15 is 0 Å². The van der Waals surface area contributed by atoms with Crippen molar-refractivity contribution in [3.05, 3.63) is 0 Å². The Balaban J connectivity index is 2.51. The first-order chi connectivity index (χ1) is 7.50. The van der Waals surface area contributed by atoms with Gasteiger partial charge in [0, 0.05) is 18.5 Å². The molecular formula is C13H26N2O. The van der Waals surface area contributed by atoms with E-state index in [1.165, 1.54) is 12.8 Å². The summed E-state index contributed by atoms with van der Waals surface area (Å²) >= 11 is 0. The van der Waals surface area contributed by atoms with E-state index in [1.54, 1.807) is 0 Å². The SMILES string of the molecule is CC(C)NC(CN1CCCC1)C(=O)C(C)C. The lowest BCUT2D eigenvalue weighted by Gasteiger charge is -2.26. The Kier molecular flexibility index (Phi) is 5.42. The zero-order valence-electron chi connectivity index (χ0n) is 11.1. The first kappa shape index (κ1) is 13.7. The molecule has 0 bridgehead atoms. The van der Waals surface area contributed by atoms with E-state index in [2.05, 4.69) is 24.1 Å². The molecule has 0 aromatic heterocycles. The van der Waals surface area contributed by atoms with Crippen LogP contribution in [-0.2, 0) is 4.79 Å². The Morgan fingerprint density at radius 3 is 2.19 bits per heavy atom. The normalized spacial score (nSPS) is 19.6. The number of nitrogens with zero attached hydrogens (tertiary/aromatic N) is 1. The van der Waals surface area contributed by atoms with Gasteiger partial charge in [0.15, 0.2) is 5.78 Å². The maximum Gasteiger partial charge on any atom is 0.153 e. The van der Waals surface area contributed by atoms with Crippen molar-refractivity contribution in [2.24, 2.45) is 5.92 Å². The van der Waals surface area contributed by atoms with Gasteiger partial charge in [0.1, 0.15) is 0 Å². The van der Waals surface area contributed by atoms with Gasteiger partial charge in [0.25, 0.3) is 0 Å². The minimum absolute atomic E-state index is 0.0121. The van der Waals surface area contributed by atoms with Gasteiger partial charge in [-0.25, -0.2) is 0 Å². The highest BCUT2D eigenvalue weighted by atomic mass is 16.1. The lowest BCUT2D eigenvalue weighted by molar-refractivity contribution is -0.124. The number of hydrogen-bond donors (Lipinski definition) is 1. The van der Waals surface area contributed by atoms with E-state index in [-0.39, 0.29) is 12.0 Å². The summed E-state index contributed by atoms with van der Waals surface area (Å²) in [7, 11) is 0. The number of rotatable bonds is 6. The Hall–Kier alpha value is -0.410. The molecule has 1 rings (SSSR count). The van der Waals surface area contributed by atoms with E-state index < -0.39 is 0 Å². The molecule has 1 N–H and O–H groups in total. The second-order valence-corrected chi connectivity index (χ2v) is 5.44. The monoisotopic (exact) mass is 226 g/mol. The minimum Gasteiger partial charge on any atom is -0.304 e. The van der Waals surface area contributed by atoms with Crippen molar-refractivity contribution >= 4 is 5.78 Å². The number of Topliss-reactive ketones (excluding diaryl/α,β-unsaturated/α-hetero) is 1. The van der Waals surface area contributed by atoms with Crippen molar-refractivity contribution in [1.82, 2.24) is 10.2 Å². The van der Waals surface area contributed by atoms with E-state index in [0.717, 1.165) is 19.6 Å². The molecule has 94 valence electrons. The van der Waals surface area contributed by atoms with Gasteiger partial charge < -0.3 is 10.2 Å². The van der Waals surface area contributed by atoms with Crippen LogP contribution in [0.25, 0.3) is 0 Å². The van der Waals surface area contributed by atoms with Crippen molar-refractivity contribution in [3.63, 3.8) is 0 Å². The van der Waals surface area contributed by atoms with Gasteiger partial charge in [-0.1, -0.05) is 27.7 Å². The number of ketones is 1. The van der Waals surface area contributed by atoms with Gasteiger partial charge in [-0.05, 0) is 25.9 Å². The van der Waals surface area contributed by atoms with Crippen molar-refractivity contribution in [1.29, 1.82) is 0 Å². The molecule has 1 heterocycles. The van der Waals surface area contributed by atoms with E-state index in [0.29, 0.717) is 11.8 Å². The molecule has 1 aliphatic heterocycles. The third-order valence-electron chi connectivity index (χ3n) is 3.09. The number of hydrogen-bond acceptors (Lipinski definition) is 3. The molecule has 1 fully saturated rings. The fraction of sp³-hybridized carbons (Fsp3) is 0.923. The van der Waals surface area contributed by atoms with Crippen LogP contribution in [0.3, 0.4) is 0 Å². The van der Waals surface area contributed by atoms with Crippen LogP contribution >= 0.6 is 0 Å². The Morgan fingerprint density at radius 2 is 1.75 bits per heavy atom. The van der Waals surface area contributed by atoms with E-state index in [9.17, 15) is 4.79 Å². The molecule has 3 nitrogen and oxygen atoms in total. The second kappa shape index (κ2) is 6.36. The molecule has 0 saturated carbocycles. The van der Waals surface area contributed by atoms with Gasteiger partial charge in [0.05, 0.1) is 6.04 Å². The van der Waals surface area contributed by atoms with Crippen LogP contribution in [0.4, 0.5) is 0 Å². The molecular weight excluding hydrogens is 200 g/mol. The van der Waals surface area contributed by atoms with Crippen LogP contribution in [0.1, 0.15) is 40.5 Å². The molecule has 0 spiro atoms. The molecule has 0 aliphatic carbocycles. The molecule has 0 amide bonds. The minimum atomic E-state index is 0.0121. The third-order valence-corrected chi connectivity index (χ3v) is 3.09. The Morgan fingerprint density at radius 1 is 1.19 bits per heavy atom. The highest BCUT2D eigenvalue weighted by Crippen LogP contribution is 2.10. The third kappa shape index (κ3) is 4.22. The molecule has 1 aliphatic rings. The fourth-order valence-electron chi connectivity index (χ4n) is 2.25. The van der Waals surface area contributed by atoms with Gasteiger partial charge in [0.2, 0.25) is 0 Å². The molecule has 16 heavy (non-hydrogen) atoms. The quantitative estimate of drug-likeness (QED) is 0.748. The lowest BCUT2D eigenvalue weighted by Crippen LogP contribution is -2.49. The predicted molar refractivity (Wildman–Crippen MR) is 67.6 cm³/mol. The molecule has 0 aromatic carbocycles. The average Bonchev–Trinajstić information content (AvgIpc) is 2.67. The van der Waals surface area contributed by atoms with Crippen molar-refractivity contribution < 1.29 is 4.79 Å². The Bertz CT molecular complexity index is 220. The number of nitrogens with one attached hydrogen (secondary N) is 1. The highest BCUT2D eigenvalue weighted by Gasteiger charge is 2.25. The first-order valence-electron chi connectivity index (χ1n) is 6.53. The van der Waals surface area contributed by atoms with Crippen molar-refractivity contribution in [2.45, 2.75) is 52.6 Å². The number of carbonyl (C=O) groups is 1. The summed E-state index contributed by atoms with van der Waals surface area (Å²) < 4.78 is 0. The van der Waals surface area contributed by atoms with Crippen LogP contribution in [0.5, 0.6) is 0 Å². The fourth-order valence-corrected chi connectivity index (χ4v) is 2.25. The summed E-state index contributed by atoms with van der Waals surface area (Å²) in [5.41, 5.74) is 0. The zero-order valence-corrected chi connectivity index (χ0v) is 11.1. The summed E-state index contributed by atoms with van der Waals surface area (Å²) in [4.78, 5) is 14.5. The predicted octanol–water partition coefficient (Wildman–Crippen LogP) is 1.67. The van der Waals surface area contributed by atoms with Crippen LogP contribution < -0.4 is 5.32 Å². The van der Waals surface area contributed by atoms with Crippen LogP contribution in [0, 0.1) is 5.92 Å². The maximum absolute atomic E-state index is 12.1. The van der Waals surface area contributed by atoms with Gasteiger partial charge in [-0.15, -0.1) is 0 Å². The van der Waals surface area contributed by atoms with E-state index in [1.807, 2.05) is 13.8 Å². The van der Waals surface area contributed by atoms with Gasteiger partial charge >= 0.3 is 0 Å². The summed E-state index contributed by atoms with van der Waals surface area (Å²) in [5, 5.41) is 3.40. The van der Waals surface area contributed by atoms with Crippen molar-refractivity contribution in [2.75, 3.05) is 19.6 Å². The highest BCUT2D eigenvalue weighted by molar-refractivity contribution is 5.86. The van der Waals surface area contributed by atoms with Crippen LogP contribution in [0.2, 0.25) is 0 Å². The summed E-state index contributed by atoms with van der Waals surface area (Å²) in [6.07, 6.45) is 2.56. The van der Waals surface area contributed by atoms with Gasteiger partial charge in [-0.2, -0.15) is 0 Å². The first-order valence-corrected chi connectivity index (χ1v) is 6.53. The maximum atomic E-state index is 12.1. The number of carbonyl (C=O) groups excluding carboxylic acids is 1. The Labute approximate surface area is 99.6 Å². The van der Waals surface area contributed by atoms with E-state index in [4.69, 9.17) is 0 Å². The molecule has 1 atom stereocenters. The summed E-state index contributed by atoms with van der Waals surface area (Å²) in [6, 6.07) is 0.383. The zero-order chi connectivity index (χ0) is 12.1. The van der Waals surface area contributed by atoms with Crippen molar-refractivity contribution in [3.8, 4) is 0 Å². The molecule has 0 radical (unpaired) electrons. The largest absolute Gasteiger partial charge is 0.304 e. The number of likely N-dealkylation sites (tertiary alicyclic amines) is 1. The summed E-state index contributed by atoms with van der Waals surface area (Å²) in [5.74, 6) is 0.472. The molecule has 1 saturated heterocycles. The average molecular weight is 226 g/mol. The van der Waals surface area contributed by atoms with Crippen LogP contribution in [0.15, 0.2) is 0 Å². The van der Waals surface area contributed by atoms with Crippen LogP contribution in [-0.4, -0.2) is 42.4 Å². The molecule has 3 heteroatoms. The van der Waals surface area contributed by atoms with Gasteiger partial charge in [-0.3, -0.25) is 4.79 Å². The summed E-state index contributed by atoms with van der Waals surface area (Å²) in [6.45, 7) is 11.4. The molecule has 0 aromatic rings. The smallest absolute Gasteiger partial charge is 0.153 e. The standard InChI is InChI=1S/C13H26N2O/c1-10(2)13(16)12(14-11(3)4)9-15-7-5-6-8-15/h10-12,14H,5-9H2,1-4H3. The molecule has 1 unspecified atom stereocenters. The topological polar surface area (TPSA) is 32.3 Å².